The predicted octanol–water partition coefficient (Wildman–Crippen LogP) is 2.18. The molecule has 0 bridgehead atoms. The first-order valence-corrected chi connectivity index (χ1v) is 6.45. The molecule has 78 valence electrons. The molecule has 1 aromatic carbocycles. The molecule has 0 unspecified atom stereocenters. The van der Waals surface area contributed by atoms with Gasteiger partial charge in [-0.3, -0.25) is 0 Å². The minimum absolute atomic E-state index is 0.276. The summed E-state index contributed by atoms with van der Waals surface area (Å²) in [5.74, 6) is 0. The van der Waals surface area contributed by atoms with Crippen LogP contribution in [0.4, 0.5) is 5.69 Å². The van der Waals surface area contributed by atoms with E-state index in [1.807, 2.05) is 6.92 Å². The maximum absolute atomic E-state index is 11.2. The number of benzene rings is 1. The average Bonchev–Trinajstić information content (AvgIpc) is 2.07. The molecule has 5 heteroatoms. The molecule has 0 atom stereocenters. The molecule has 1 aromatic rings. The second-order valence-corrected chi connectivity index (χ2v) is 5.37. The Morgan fingerprint density at radius 3 is 2.57 bits per heavy atom. The van der Waals surface area contributed by atoms with Crippen LogP contribution in [0.3, 0.4) is 0 Å². The van der Waals surface area contributed by atoms with Crippen LogP contribution >= 0.6 is 11.6 Å². The first-order valence-electron chi connectivity index (χ1n) is 4.18. The van der Waals surface area contributed by atoms with Crippen LogP contribution in [0.2, 0.25) is 5.02 Å². The molecule has 1 rings (SSSR count). The molecule has 0 aliphatic heterocycles. The third-order valence-corrected chi connectivity index (χ3v) is 3.17. The van der Waals surface area contributed by atoms with Crippen molar-refractivity contribution in [1.29, 1.82) is 0 Å². The van der Waals surface area contributed by atoms with Crippen molar-refractivity contribution in [3.05, 3.63) is 23.2 Å². The van der Waals surface area contributed by atoms with Crippen molar-refractivity contribution in [2.45, 2.75) is 11.8 Å². The van der Waals surface area contributed by atoms with Gasteiger partial charge in [-0.2, -0.15) is 0 Å². The van der Waals surface area contributed by atoms with Gasteiger partial charge in [-0.15, -0.1) is 0 Å². The third-order valence-electron chi connectivity index (χ3n) is 1.73. The van der Waals surface area contributed by atoms with Gasteiger partial charge in [0.2, 0.25) is 0 Å². The van der Waals surface area contributed by atoms with Crippen molar-refractivity contribution in [2.75, 3.05) is 18.1 Å². The Kier molecular flexibility index (Phi) is 3.39. The van der Waals surface area contributed by atoms with E-state index in [0.29, 0.717) is 17.3 Å². The summed E-state index contributed by atoms with van der Waals surface area (Å²) < 4.78 is 22.5. The highest BCUT2D eigenvalue weighted by atomic mass is 35.5. The Morgan fingerprint density at radius 1 is 1.43 bits per heavy atom. The maximum atomic E-state index is 11.2. The highest BCUT2D eigenvalue weighted by molar-refractivity contribution is 7.90. The molecule has 0 aromatic heterocycles. The van der Waals surface area contributed by atoms with Crippen LogP contribution in [-0.2, 0) is 9.84 Å². The Balaban J connectivity index is 3.20. The summed E-state index contributed by atoms with van der Waals surface area (Å²) in [6.07, 6.45) is 1.17. The quantitative estimate of drug-likeness (QED) is 0.871. The largest absolute Gasteiger partial charge is 0.384 e. The van der Waals surface area contributed by atoms with E-state index in [0.717, 1.165) is 0 Å². The van der Waals surface area contributed by atoms with Gasteiger partial charge in [0.25, 0.3) is 0 Å². The fraction of sp³-hybridized carbons (Fsp3) is 0.333. The monoisotopic (exact) mass is 233 g/mol. The SMILES string of the molecule is CCNc1cc(S(C)(=O)=O)ccc1Cl. The number of hydrogen-bond donors (Lipinski definition) is 1. The fourth-order valence-electron chi connectivity index (χ4n) is 1.06. The molecule has 0 aliphatic rings. The molecule has 0 fully saturated rings. The normalized spacial score (nSPS) is 11.4. The predicted molar refractivity (Wildman–Crippen MR) is 58.7 cm³/mol. The fourth-order valence-corrected chi connectivity index (χ4v) is 1.89. The number of anilines is 1. The molecule has 0 spiro atoms. The van der Waals surface area contributed by atoms with Crippen molar-refractivity contribution in [3.8, 4) is 0 Å². The Hall–Kier alpha value is -0.740. The van der Waals surface area contributed by atoms with Gasteiger partial charge in [-0.25, -0.2) is 8.42 Å². The summed E-state index contributed by atoms with van der Waals surface area (Å²) in [6, 6.07) is 4.62. The zero-order chi connectivity index (χ0) is 10.8. The van der Waals surface area contributed by atoms with E-state index < -0.39 is 9.84 Å². The topological polar surface area (TPSA) is 46.2 Å². The first-order chi connectivity index (χ1) is 6.45. The van der Waals surface area contributed by atoms with E-state index in [1.54, 1.807) is 12.1 Å². The number of rotatable bonds is 3. The minimum Gasteiger partial charge on any atom is -0.384 e. The molecule has 3 nitrogen and oxygen atoms in total. The molecule has 0 aliphatic carbocycles. The van der Waals surface area contributed by atoms with Crippen LogP contribution in [0.1, 0.15) is 6.92 Å². The zero-order valence-corrected chi connectivity index (χ0v) is 9.61. The van der Waals surface area contributed by atoms with Crippen LogP contribution in [0.25, 0.3) is 0 Å². The summed E-state index contributed by atoms with van der Waals surface area (Å²) in [4.78, 5) is 0.276. The van der Waals surface area contributed by atoms with Gasteiger partial charge in [-0.05, 0) is 25.1 Å². The Bertz CT molecular complexity index is 428. The first kappa shape index (κ1) is 11.3. The van der Waals surface area contributed by atoms with E-state index in [2.05, 4.69) is 5.32 Å². The summed E-state index contributed by atoms with van der Waals surface area (Å²) in [5.41, 5.74) is 0.650. The lowest BCUT2D eigenvalue weighted by molar-refractivity contribution is 0.602. The third kappa shape index (κ3) is 2.62. The van der Waals surface area contributed by atoms with Gasteiger partial charge in [0, 0.05) is 12.8 Å². The smallest absolute Gasteiger partial charge is 0.175 e. The standard InChI is InChI=1S/C9H12ClNO2S/c1-3-11-9-6-7(14(2,12)13)4-5-8(9)10/h4-6,11H,3H2,1-2H3. The summed E-state index contributed by atoms with van der Waals surface area (Å²) in [7, 11) is -3.16. The second-order valence-electron chi connectivity index (χ2n) is 2.94. The highest BCUT2D eigenvalue weighted by Gasteiger charge is 2.09. The van der Waals surface area contributed by atoms with Crippen molar-refractivity contribution < 1.29 is 8.42 Å². The van der Waals surface area contributed by atoms with Crippen LogP contribution < -0.4 is 5.32 Å². The highest BCUT2D eigenvalue weighted by Crippen LogP contribution is 2.24. The maximum Gasteiger partial charge on any atom is 0.175 e. The molecule has 0 heterocycles. The van der Waals surface area contributed by atoms with Crippen LogP contribution in [0, 0.1) is 0 Å². The number of halogens is 1. The van der Waals surface area contributed by atoms with E-state index >= 15 is 0 Å². The van der Waals surface area contributed by atoms with Crippen molar-refractivity contribution in [2.24, 2.45) is 0 Å². The van der Waals surface area contributed by atoms with Gasteiger partial charge in [-0.1, -0.05) is 11.6 Å². The number of sulfone groups is 1. The second kappa shape index (κ2) is 4.19. The van der Waals surface area contributed by atoms with Gasteiger partial charge < -0.3 is 5.32 Å². The number of nitrogens with one attached hydrogen (secondary N) is 1. The number of hydrogen-bond acceptors (Lipinski definition) is 3. The van der Waals surface area contributed by atoms with E-state index in [1.165, 1.54) is 12.3 Å². The molecular formula is C9H12ClNO2S. The molecule has 0 saturated heterocycles. The molecule has 0 radical (unpaired) electrons. The van der Waals surface area contributed by atoms with Gasteiger partial charge in [0.05, 0.1) is 15.6 Å². The molecular weight excluding hydrogens is 222 g/mol. The van der Waals surface area contributed by atoms with E-state index in [9.17, 15) is 8.42 Å². The zero-order valence-electron chi connectivity index (χ0n) is 8.04. The summed E-state index contributed by atoms with van der Waals surface area (Å²) >= 11 is 5.87. The lowest BCUT2D eigenvalue weighted by Gasteiger charge is -2.07. The van der Waals surface area contributed by atoms with Crippen molar-refractivity contribution in [1.82, 2.24) is 0 Å². The Morgan fingerprint density at radius 2 is 2.07 bits per heavy atom. The van der Waals surface area contributed by atoms with Crippen LogP contribution in [-0.4, -0.2) is 21.2 Å². The molecule has 0 saturated carbocycles. The lowest BCUT2D eigenvalue weighted by atomic mass is 10.3. The van der Waals surface area contributed by atoms with Crippen molar-refractivity contribution >= 4 is 27.1 Å². The summed E-state index contributed by atoms with van der Waals surface area (Å²) in [5, 5.41) is 3.52. The minimum atomic E-state index is -3.16. The van der Waals surface area contributed by atoms with Crippen LogP contribution in [0.15, 0.2) is 23.1 Å². The molecule has 1 N–H and O–H groups in total. The summed E-state index contributed by atoms with van der Waals surface area (Å²) in [6.45, 7) is 2.62. The van der Waals surface area contributed by atoms with E-state index in [4.69, 9.17) is 11.6 Å². The van der Waals surface area contributed by atoms with Crippen LogP contribution in [0.5, 0.6) is 0 Å². The average molecular weight is 234 g/mol. The lowest BCUT2D eigenvalue weighted by Crippen LogP contribution is -2.01. The van der Waals surface area contributed by atoms with Gasteiger partial charge in [0.15, 0.2) is 9.84 Å². The van der Waals surface area contributed by atoms with E-state index in [-0.39, 0.29) is 4.90 Å². The van der Waals surface area contributed by atoms with Crippen molar-refractivity contribution in [3.63, 3.8) is 0 Å². The van der Waals surface area contributed by atoms with Gasteiger partial charge in [0.1, 0.15) is 0 Å². The molecule has 0 amide bonds. The van der Waals surface area contributed by atoms with Gasteiger partial charge >= 0.3 is 0 Å². The Labute approximate surface area is 89.0 Å². The molecule has 14 heavy (non-hydrogen) atoms.